The molecule has 1 heterocycles. The fourth-order valence-electron chi connectivity index (χ4n) is 1.30. The van der Waals surface area contributed by atoms with Crippen LogP contribution in [0.1, 0.15) is 18.2 Å². The third-order valence-corrected chi connectivity index (χ3v) is 4.12. The first-order valence-electron chi connectivity index (χ1n) is 4.48. The van der Waals surface area contributed by atoms with Crippen LogP contribution in [0.4, 0.5) is 0 Å². The molecule has 0 amide bonds. The molecule has 4 heteroatoms. The third-order valence-electron chi connectivity index (χ3n) is 2.18. The number of aliphatic hydroxyl groups excluding tert-OH is 1. The first-order chi connectivity index (χ1) is 6.65. The molecule has 1 aromatic heterocycles. The van der Waals surface area contributed by atoms with E-state index in [1.54, 1.807) is 18.3 Å². The molecular weight excluding hydrogens is 264 g/mol. The van der Waals surface area contributed by atoms with Crippen LogP contribution in [-0.2, 0) is 11.2 Å². The van der Waals surface area contributed by atoms with Gasteiger partial charge in [-0.2, -0.15) is 0 Å². The number of aliphatic hydroxyl groups is 1. The van der Waals surface area contributed by atoms with Gasteiger partial charge in [0, 0.05) is 21.9 Å². The van der Waals surface area contributed by atoms with Gasteiger partial charge < -0.3 is 5.11 Å². The summed E-state index contributed by atoms with van der Waals surface area (Å²) in [5, 5.41) is 10.8. The molecule has 1 unspecified atom stereocenters. The molecule has 0 radical (unpaired) electrons. The van der Waals surface area contributed by atoms with Crippen LogP contribution < -0.4 is 0 Å². The van der Waals surface area contributed by atoms with Gasteiger partial charge in [0.15, 0.2) is 0 Å². The number of carbonyl (C=O) groups excluding carboxylic acids is 1. The van der Waals surface area contributed by atoms with Gasteiger partial charge in [0.1, 0.15) is 5.78 Å². The Balaban J connectivity index is 2.64. The minimum Gasteiger partial charge on any atom is -0.396 e. The zero-order valence-electron chi connectivity index (χ0n) is 8.00. The van der Waals surface area contributed by atoms with Crippen molar-refractivity contribution in [2.75, 3.05) is 6.61 Å². The number of hydrogen-bond acceptors (Lipinski definition) is 3. The molecule has 0 spiro atoms. The normalized spacial score (nSPS) is 12.8. The predicted molar refractivity (Wildman–Crippen MR) is 61.6 cm³/mol. The predicted octanol–water partition coefficient (Wildman–Crippen LogP) is 2.64. The van der Waals surface area contributed by atoms with E-state index in [0.717, 1.165) is 10.9 Å². The first-order valence-corrected chi connectivity index (χ1v) is 6.15. The summed E-state index contributed by atoms with van der Waals surface area (Å²) in [6.07, 6.45) is 1.29. The highest BCUT2D eigenvalue weighted by molar-refractivity contribution is 9.10. The van der Waals surface area contributed by atoms with E-state index in [9.17, 15) is 4.79 Å². The molecule has 2 nitrogen and oxygen atoms in total. The van der Waals surface area contributed by atoms with Gasteiger partial charge in [-0.15, -0.1) is 11.3 Å². The van der Waals surface area contributed by atoms with Crippen LogP contribution in [0, 0.1) is 5.92 Å². The van der Waals surface area contributed by atoms with Crippen LogP contribution in [-0.4, -0.2) is 17.5 Å². The van der Waals surface area contributed by atoms with Crippen molar-refractivity contribution in [1.29, 1.82) is 0 Å². The largest absolute Gasteiger partial charge is 0.396 e. The van der Waals surface area contributed by atoms with Crippen LogP contribution in [0.5, 0.6) is 0 Å². The lowest BCUT2D eigenvalue weighted by Gasteiger charge is -2.10. The molecule has 1 rings (SSSR count). The van der Waals surface area contributed by atoms with Crippen LogP contribution in [0.15, 0.2) is 15.9 Å². The summed E-state index contributed by atoms with van der Waals surface area (Å²) in [5.41, 5.74) is 0. The van der Waals surface area contributed by atoms with E-state index in [0.29, 0.717) is 6.42 Å². The van der Waals surface area contributed by atoms with Crippen molar-refractivity contribution in [3.63, 3.8) is 0 Å². The maximum Gasteiger partial charge on any atom is 0.133 e. The van der Waals surface area contributed by atoms with Crippen molar-refractivity contribution in [2.45, 2.75) is 19.8 Å². The molecule has 0 aromatic carbocycles. The topological polar surface area (TPSA) is 37.3 Å². The fraction of sp³-hybridized carbons (Fsp3) is 0.500. The van der Waals surface area contributed by atoms with Crippen LogP contribution >= 0.6 is 27.3 Å². The summed E-state index contributed by atoms with van der Waals surface area (Å²) in [6, 6.07) is 1.98. The van der Waals surface area contributed by atoms with Crippen LogP contribution in [0.25, 0.3) is 0 Å². The minimum absolute atomic E-state index is 0.0463. The van der Waals surface area contributed by atoms with Gasteiger partial charge in [0.25, 0.3) is 0 Å². The summed E-state index contributed by atoms with van der Waals surface area (Å²) < 4.78 is 1.06. The summed E-state index contributed by atoms with van der Waals surface area (Å²) in [5.74, 6) is 0.106. The average molecular weight is 277 g/mol. The Bertz CT molecular complexity index is 309. The second kappa shape index (κ2) is 5.63. The highest BCUT2D eigenvalue weighted by atomic mass is 79.9. The number of halogens is 1. The molecule has 1 N–H and O–H groups in total. The molecular formula is C10H13BrO2S. The Morgan fingerprint density at radius 3 is 2.86 bits per heavy atom. The van der Waals surface area contributed by atoms with Crippen molar-refractivity contribution in [3.05, 3.63) is 20.8 Å². The Hall–Kier alpha value is -0.190. The molecule has 0 bridgehead atoms. The maximum absolute atomic E-state index is 11.2. The third kappa shape index (κ3) is 3.19. The number of thiophene rings is 1. The number of carbonyl (C=O) groups is 1. The monoisotopic (exact) mass is 276 g/mol. The van der Waals surface area contributed by atoms with Crippen molar-refractivity contribution >= 4 is 33.0 Å². The molecule has 0 aliphatic rings. The Labute approximate surface area is 96.1 Å². The maximum atomic E-state index is 11.2. The van der Waals surface area contributed by atoms with E-state index < -0.39 is 0 Å². The molecule has 1 aromatic rings. The van der Waals surface area contributed by atoms with Gasteiger partial charge in [-0.25, -0.2) is 0 Å². The van der Waals surface area contributed by atoms with E-state index in [-0.39, 0.29) is 18.3 Å². The van der Waals surface area contributed by atoms with Gasteiger partial charge >= 0.3 is 0 Å². The lowest BCUT2D eigenvalue weighted by atomic mass is 9.97. The Morgan fingerprint density at radius 2 is 2.43 bits per heavy atom. The van der Waals surface area contributed by atoms with Crippen molar-refractivity contribution in [1.82, 2.24) is 0 Å². The number of ketones is 1. The summed E-state index contributed by atoms with van der Waals surface area (Å²) in [4.78, 5) is 12.4. The smallest absolute Gasteiger partial charge is 0.133 e. The van der Waals surface area contributed by atoms with Crippen LogP contribution in [0.3, 0.4) is 0 Å². The SMILES string of the molecule is CC(=O)C(CCO)Cc1sccc1Br. The van der Waals surface area contributed by atoms with Gasteiger partial charge in [-0.3, -0.25) is 4.79 Å². The minimum atomic E-state index is -0.0463. The summed E-state index contributed by atoms with van der Waals surface area (Å²) in [6.45, 7) is 1.66. The zero-order chi connectivity index (χ0) is 10.6. The molecule has 78 valence electrons. The molecule has 0 aliphatic heterocycles. The Kier molecular flexibility index (Phi) is 4.78. The van der Waals surface area contributed by atoms with Gasteiger partial charge in [0.05, 0.1) is 0 Å². The lowest BCUT2D eigenvalue weighted by Crippen LogP contribution is -2.15. The highest BCUT2D eigenvalue weighted by Crippen LogP contribution is 2.26. The molecule has 0 saturated heterocycles. The van der Waals surface area contributed by atoms with Gasteiger partial charge in [-0.1, -0.05) is 0 Å². The molecule has 0 aliphatic carbocycles. The number of Topliss-reactive ketones (excluding diaryl/α,β-unsaturated/α-hetero) is 1. The standard InChI is InChI=1S/C10H13BrO2S/c1-7(13)8(2-4-12)6-10-9(11)3-5-14-10/h3,5,8,12H,2,4,6H2,1H3. The fourth-order valence-corrected chi connectivity index (χ4v) is 2.90. The lowest BCUT2D eigenvalue weighted by molar-refractivity contribution is -0.121. The van der Waals surface area contributed by atoms with E-state index in [1.807, 2.05) is 11.4 Å². The number of rotatable bonds is 5. The average Bonchev–Trinajstić information content (AvgIpc) is 2.51. The van der Waals surface area contributed by atoms with Crippen molar-refractivity contribution in [2.24, 2.45) is 5.92 Å². The number of hydrogen-bond donors (Lipinski definition) is 1. The van der Waals surface area contributed by atoms with Crippen LogP contribution in [0.2, 0.25) is 0 Å². The molecule has 1 atom stereocenters. The van der Waals surface area contributed by atoms with E-state index in [4.69, 9.17) is 5.11 Å². The first kappa shape index (κ1) is 11.9. The summed E-state index contributed by atoms with van der Waals surface area (Å²) >= 11 is 5.07. The quantitative estimate of drug-likeness (QED) is 0.898. The van der Waals surface area contributed by atoms with E-state index in [1.165, 1.54) is 4.88 Å². The van der Waals surface area contributed by atoms with Gasteiger partial charge in [0.2, 0.25) is 0 Å². The van der Waals surface area contributed by atoms with E-state index in [2.05, 4.69) is 15.9 Å². The Morgan fingerprint density at radius 1 is 1.71 bits per heavy atom. The van der Waals surface area contributed by atoms with Gasteiger partial charge in [-0.05, 0) is 47.1 Å². The summed E-state index contributed by atoms with van der Waals surface area (Å²) in [7, 11) is 0. The molecule has 14 heavy (non-hydrogen) atoms. The van der Waals surface area contributed by atoms with E-state index >= 15 is 0 Å². The highest BCUT2D eigenvalue weighted by Gasteiger charge is 2.16. The van der Waals surface area contributed by atoms with Crippen molar-refractivity contribution < 1.29 is 9.90 Å². The molecule has 0 saturated carbocycles. The van der Waals surface area contributed by atoms with Crippen molar-refractivity contribution in [3.8, 4) is 0 Å². The second-order valence-electron chi connectivity index (χ2n) is 3.22. The second-order valence-corrected chi connectivity index (χ2v) is 5.07. The zero-order valence-corrected chi connectivity index (χ0v) is 10.4. The molecule has 0 fully saturated rings.